The highest BCUT2D eigenvalue weighted by Gasteiger charge is 2.35. The second-order valence-corrected chi connectivity index (χ2v) is 8.54. The summed E-state index contributed by atoms with van der Waals surface area (Å²) in [6, 6.07) is 25.6. The molecule has 5 rings (SSSR count). The van der Waals surface area contributed by atoms with Gasteiger partial charge in [0.2, 0.25) is 5.91 Å². The Hall–Kier alpha value is -4.19. The summed E-state index contributed by atoms with van der Waals surface area (Å²) in [5.41, 5.74) is 3.83. The molecule has 1 aliphatic carbocycles. The summed E-state index contributed by atoms with van der Waals surface area (Å²) in [6.07, 6.45) is 1.59. The van der Waals surface area contributed by atoms with Gasteiger partial charge in [0.1, 0.15) is 6.54 Å². The summed E-state index contributed by atoms with van der Waals surface area (Å²) in [5.74, 6) is -1.87. The zero-order valence-electron chi connectivity index (χ0n) is 18.6. The average molecular weight is 453 g/mol. The van der Waals surface area contributed by atoms with Crippen molar-refractivity contribution in [3.05, 3.63) is 102 Å². The van der Waals surface area contributed by atoms with Crippen LogP contribution in [0, 0.1) is 5.92 Å². The standard InChI is InChI=1S/C28H24N2O4/c31-26(32)18-29-24-14-8-7-13-22(24)23-17-20(15-16-25(23)29)28(34)30(21-11-5-2-6-12-21)27(33)19-9-3-1-4-10-19/h1-14,20H,15-18H2,(H,31,32). The van der Waals surface area contributed by atoms with Crippen LogP contribution in [0.5, 0.6) is 0 Å². The smallest absolute Gasteiger partial charge is 0.323 e. The summed E-state index contributed by atoms with van der Waals surface area (Å²) in [6.45, 7) is -0.114. The number of amides is 2. The first-order valence-corrected chi connectivity index (χ1v) is 11.3. The number of nitrogens with zero attached hydrogens (tertiary/aromatic N) is 2. The monoisotopic (exact) mass is 452 g/mol. The minimum absolute atomic E-state index is 0.114. The molecule has 1 N–H and O–H groups in total. The number of anilines is 1. The zero-order valence-corrected chi connectivity index (χ0v) is 18.6. The number of aliphatic carboxylic acids is 1. The Morgan fingerprint density at radius 3 is 2.24 bits per heavy atom. The first-order chi connectivity index (χ1) is 16.5. The Balaban J connectivity index is 1.52. The number of hydrogen-bond acceptors (Lipinski definition) is 3. The molecule has 0 bridgehead atoms. The number of para-hydroxylation sites is 2. The fourth-order valence-electron chi connectivity index (χ4n) is 4.94. The van der Waals surface area contributed by atoms with E-state index in [2.05, 4.69) is 0 Å². The zero-order chi connectivity index (χ0) is 23.7. The van der Waals surface area contributed by atoms with Gasteiger partial charge in [-0.15, -0.1) is 0 Å². The van der Waals surface area contributed by atoms with Crippen molar-refractivity contribution in [2.45, 2.75) is 25.8 Å². The summed E-state index contributed by atoms with van der Waals surface area (Å²) < 4.78 is 1.85. The molecule has 0 fully saturated rings. The Labute approximate surface area is 197 Å². The topological polar surface area (TPSA) is 79.6 Å². The highest BCUT2D eigenvalue weighted by atomic mass is 16.4. The highest BCUT2D eigenvalue weighted by Crippen LogP contribution is 2.36. The predicted molar refractivity (Wildman–Crippen MR) is 130 cm³/mol. The number of carbonyl (C=O) groups is 3. The maximum absolute atomic E-state index is 13.8. The molecule has 0 saturated heterocycles. The molecule has 1 unspecified atom stereocenters. The minimum atomic E-state index is -0.898. The summed E-state index contributed by atoms with van der Waals surface area (Å²) in [5, 5.41) is 10.4. The summed E-state index contributed by atoms with van der Waals surface area (Å²) in [7, 11) is 0. The fourth-order valence-corrected chi connectivity index (χ4v) is 4.94. The Kier molecular flexibility index (Phi) is 5.72. The van der Waals surface area contributed by atoms with E-state index in [-0.39, 0.29) is 24.3 Å². The lowest BCUT2D eigenvalue weighted by atomic mass is 9.85. The van der Waals surface area contributed by atoms with Crippen molar-refractivity contribution in [1.29, 1.82) is 0 Å². The van der Waals surface area contributed by atoms with Crippen LogP contribution in [-0.2, 0) is 29.0 Å². The number of carbonyl (C=O) groups excluding carboxylic acids is 2. The van der Waals surface area contributed by atoms with Gasteiger partial charge in [-0.05, 0) is 55.2 Å². The summed E-state index contributed by atoms with van der Waals surface area (Å²) in [4.78, 5) is 40.1. The van der Waals surface area contributed by atoms with E-state index in [9.17, 15) is 19.5 Å². The normalized spacial score (nSPS) is 15.0. The van der Waals surface area contributed by atoms with E-state index in [1.54, 1.807) is 36.4 Å². The maximum Gasteiger partial charge on any atom is 0.323 e. The molecule has 6 heteroatoms. The Bertz CT molecular complexity index is 1380. The second kappa shape index (κ2) is 8.98. The van der Waals surface area contributed by atoms with E-state index in [0.29, 0.717) is 30.5 Å². The average Bonchev–Trinajstić information content (AvgIpc) is 3.18. The lowest BCUT2D eigenvalue weighted by Crippen LogP contribution is -2.42. The molecule has 6 nitrogen and oxygen atoms in total. The molecular formula is C28H24N2O4. The van der Waals surface area contributed by atoms with Crippen LogP contribution >= 0.6 is 0 Å². The number of carboxylic acids is 1. The van der Waals surface area contributed by atoms with Crippen LogP contribution in [0.4, 0.5) is 5.69 Å². The summed E-state index contributed by atoms with van der Waals surface area (Å²) >= 11 is 0. The van der Waals surface area contributed by atoms with Crippen LogP contribution < -0.4 is 4.90 Å². The van der Waals surface area contributed by atoms with Crippen molar-refractivity contribution in [3.8, 4) is 0 Å². The molecule has 170 valence electrons. The van der Waals surface area contributed by atoms with Gasteiger partial charge in [-0.2, -0.15) is 0 Å². The molecule has 1 atom stereocenters. The number of imide groups is 1. The molecule has 0 radical (unpaired) electrons. The lowest BCUT2D eigenvalue weighted by Gasteiger charge is -2.29. The van der Waals surface area contributed by atoms with Gasteiger partial charge in [-0.25, -0.2) is 4.90 Å². The van der Waals surface area contributed by atoms with Crippen LogP contribution in [-0.4, -0.2) is 27.5 Å². The van der Waals surface area contributed by atoms with E-state index < -0.39 is 5.97 Å². The molecule has 0 aliphatic heterocycles. The predicted octanol–water partition coefficient (Wildman–Crippen LogP) is 4.70. The van der Waals surface area contributed by atoms with Gasteiger partial charge < -0.3 is 9.67 Å². The Morgan fingerprint density at radius 2 is 1.53 bits per heavy atom. The van der Waals surface area contributed by atoms with Crippen molar-refractivity contribution < 1.29 is 19.5 Å². The third kappa shape index (κ3) is 3.88. The van der Waals surface area contributed by atoms with Gasteiger partial charge in [-0.1, -0.05) is 54.6 Å². The molecule has 2 amide bonds. The van der Waals surface area contributed by atoms with Crippen molar-refractivity contribution >= 4 is 34.4 Å². The van der Waals surface area contributed by atoms with Crippen LogP contribution in [0.2, 0.25) is 0 Å². The van der Waals surface area contributed by atoms with Gasteiger partial charge in [0.15, 0.2) is 0 Å². The van der Waals surface area contributed by atoms with Gasteiger partial charge >= 0.3 is 5.97 Å². The molecule has 0 saturated carbocycles. The maximum atomic E-state index is 13.8. The fraction of sp³-hybridized carbons (Fsp3) is 0.179. The van der Waals surface area contributed by atoms with Crippen LogP contribution in [0.15, 0.2) is 84.9 Å². The SMILES string of the molecule is O=C(O)Cn1c2c(c3ccccc31)CC(C(=O)N(C(=O)c1ccccc1)c1ccccc1)CC2. The number of fused-ring (bicyclic) bond motifs is 3. The van der Waals surface area contributed by atoms with Crippen molar-refractivity contribution in [2.75, 3.05) is 4.90 Å². The molecule has 4 aromatic rings. The molecule has 0 spiro atoms. The van der Waals surface area contributed by atoms with E-state index in [4.69, 9.17) is 0 Å². The van der Waals surface area contributed by atoms with Crippen LogP contribution in [0.3, 0.4) is 0 Å². The number of aromatic nitrogens is 1. The number of rotatable bonds is 5. The van der Waals surface area contributed by atoms with E-state index in [1.165, 1.54) is 4.90 Å². The van der Waals surface area contributed by atoms with Crippen LogP contribution in [0.1, 0.15) is 28.0 Å². The minimum Gasteiger partial charge on any atom is -0.480 e. The third-order valence-corrected chi connectivity index (χ3v) is 6.48. The number of hydrogen-bond donors (Lipinski definition) is 1. The molecule has 1 aromatic heterocycles. The van der Waals surface area contributed by atoms with Gasteiger partial charge in [0.05, 0.1) is 5.69 Å². The van der Waals surface area contributed by atoms with Gasteiger partial charge in [0, 0.05) is 28.1 Å². The lowest BCUT2D eigenvalue weighted by molar-refractivity contribution is -0.137. The van der Waals surface area contributed by atoms with Gasteiger partial charge in [0.25, 0.3) is 5.91 Å². The quantitative estimate of drug-likeness (QED) is 0.445. The molecule has 1 aliphatic rings. The third-order valence-electron chi connectivity index (χ3n) is 6.48. The van der Waals surface area contributed by atoms with Crippen molar-refractivity contribution in [3.63, 3.8) is 0 Å². The van der Waals surface area contributed by atoms with Crippen molar-refractivity contribution in [1.82, 2.24) is 4.57 Å². The Morgan fingerprint density at radius 1 is 0.882 bits per heavy atom. The van der Waals surface area contributed by atoms with Gasteiger partial charge in [-0.3, -0.25) is 14.4 Å². The van der Waals surface area contributed by atoms with Crippen molar-refractivity contribution in [2.24, 2.45) is 5.92 Å². The first-order valence-electron chi connectivity index (χ1n) is 11.3. The highest BCUT2D eigenvalue weighted by molar-refractivity contribution is 6.21. The molecule has 3 aromatic carbocycles. The first kappa shape index (κ1) is 21.6. The van der Waals surface area contributed by atoms with E-state index in [1.807, 2.05) is 53.1 Å². The number of carboxylic acid groups (broad SMARTS) is 1. The molecular weight excluding hydrogens is 428 g/mol. The molecule has 1 heterocycles. The molecule has 34 heavy (non-hydrogen) atoms. The van der Waals surface area contributed by atoms with E-state index in [0.717, 1.165) is 22.2 Å². The number of benzene rings is 3. The van der Waals surface area contributed by atoms with Crippen LogP contribution in [0.25, 0.3) is 10.9 Å². The van der Waals surface area contributed by atoms with E-state index >= 15 is 0 Å². The second-order valence-electron chi connectivity index (χ2n) is 8.54. The largest absolute Gasteiger partial charge is 0.480 e.